The maximum atomic E-state index is 12.9. The van der Waals surface area contributed by atoms with E-state index >= 15 is 0 Å². The molecule has 2 atom stereocenters. The molecule has 4 heterocycles. The van der Waals surface area contributed by atoms with Gasteiger partial charge in [-0.25, -0.2) is 4.98 Å². The highest BCUT2D eigenvalue weighted by molar-refractivity contribution is 7.13. The zero-order valence-corrected chi connectivity index (χ0v) is 16.5. The first-order valence-corrected chi connectivity index (χ1v) is 10.2. The monoisotopic (exact) mass is 374 g/mol. The second kappa shape index (κ2) is 7.08. The van der Waals surface area contributed by atoms with Crippen LogP contribution in [0.5, 0.6) is 0 Å². The van der Waals surface area contributed by atoms with Crippen LogP contribution in [0.3, 0.4) is 0 Å². The van der Waals surface area contributed by atoms with E-state index in [9.17, 15) is 4.79 Å². The molecule has 7 nitrogen and oxygen atoms in total. The first kappa shape index (κ1) is 17.6. The van der Waals surface area contributed by atoms with Crippen molar-refractivity contribution in [2.45, 2.75) is 58.0 Å². The van der Waals surface area contributed by atoms with Crippen LogP contribution in [0.2, 0.25) is 0 Å². The van der Waals surface area contributed by atoms with Crippen molar-refractivity contribution in [2.24, 2.45) is 0 Å². The maximum Gasteiger partial charge on any atom is 0.263 e. The summed E-state index contributed by atoms with van der Waals surface area (Å²) >= 11 is 1.56. The third-order valence-corrected chi connectivity index (χ3v) is 6.77. The fourth-order valence-electron chi connectivity index (χ4n) is 4.05. The second-order valence-corrected chi connectivity index (χ2v) is 8.52. The van der Waals surface area contributed by atoms with Gasteiger partial charge in [-0.1, -0.05) is 0 Å². The predicted octanol–water partition coefficient (Wildman–Crippen LogP) is 2.43. The van der Waals surface area contributed by atoms with E-state index in [1.54, 1.807) is 11.3 Å². The van der Waals surface area contributed by atoms with Crippen molar-refractivity contribution in [1.29, 1.82) is 0 Å². The van der Waals surface area contributed by atoms with Crippen molar-refractivity contribution in [3.05, 3.63) is 27.2 Å². The summed E-state index contributed by atoms with van der Waals surface area (Å²) in [6.07, 6.45) is 4.28. The molecule has 1 fully saturated rings. The number of aryl methyl sites for hydroxylation is 2. The zero-order chi connectivity index (χ0) is 18.3. The number of piperidine rings is 1. The van der Waals surface area contributed by atoms with Gasteiger partial charge in [-0.05, 0) is 53.1 Å². The van der Waals surface area contributed by atoms with Crippen LogP contribution in [0.25, 0.3) is 0 Å². The average Bonchev–Trinajstić information content (AvgIpc) is 3.19. The number of fused-ring (bicyclic) bond motifs is 1. The van der Waals surface area contributed by atoms with Gasteiger partial charge in [-0.2, -0.15) is 0 Å². The first-order valence-electron chi connectivity index (χ1n) is 9.39. The third-order valence-electron chi connectivity index (χ3n) is 5.45. The van der Waals surface area contributed by atoms with E-state index < -0.39 is 0 Å². The summed E-state index contributed by atoms with van der Waals surface area (Å²) in [5.41, 5.74) is 0.837. The Bertz CT molecular complexity index is 813. The smallest absolute Gasteiger partial charge is 0.263 e. The van der Waals surface area contributed by atoms with Gasteiger partial charge in [0.2, 0.25) is 0 Å². The van der Waals surface area contributed by atoms with Gasteiger partial charge in [0.1, 0.15) is 10.7 Å². The maximum absolute atomic E-state index is 12.9. The molecule has 2 aliphatic rings. The van der Waals surface area contributed by atoms with E-state index in [1.807, 2.05) is 13.8 Å². The first-order chi connectivity index (χ1) is 12.5. The largest absolute Gasteiger partial charge is 0.341 e. The van der Waals surface area contributed by atoms with Gasteiger partial charge in [0, 0.05) is 19.0 Å². The molecule has 0 aliphatic carbocycles. The SMILES string of the molecule is Cc1nc(C2CCCN(C)C2)sc1C(=O)NC1CCCn2c(C)nnc21. The molecular formula is C18H26N6OS. The molecule has 0 aromatic carbocycles. The lowest BCUT2D eigenvalue weighted by atomic mass is 9.99. The Morgan fingerprint density at radius 3 is 2.81 bits per heavy atom. The molecule has 2 aromatic heterocycles. The molecule has 2 aromatic rings. The minimum absolute atomic E-state index is 0.0329. The van der Waals surface area contributed by atoms with Gasteiger partial charge < -0.3 is 14.8 Å². The molecule has 1 saturated heterocycles. The van der Waals surface area contributed by atoms with E-state index in [1.165, 1.54) is 6.42 Å². The van der Waals surface area contributed by atoms with Crippen LogP contribution in [-0.4, -0.2) is 50.7 Å². The van der Waals surface area contributed by atoms with Gasteiger partial charge in [0.25, 0.3) is 5.91 Å². The summed E-state index contributed by atoms with van der Waals surface area (Å²) < 4.78 is 2.11. The van der Waals surface area contributed by atoms with Gasteiger partial charge >= 0.3 is 0 Å². The summed E-state index contributed by atoms with van der Waals surface area (Å²) in [7, 11) is 2.15. The van der Waals surface area contributed by atoms with Gasteiger partial charge in [-0.3, -0.25) is 4.79 Å². The lowest BCUT2D eigenvalue weighted by Gasteiger charge is -2.28. The van der Waals surface area contributed by atoms with E-state index in [0.717, 1.165) is 66.1 Å². The highest BCUT2D eigenvalue weighted by Crippen LogP contribution is 2.32. The summed E-state index contributed by atoms with van der Waals surface area (Å²) in [4.78, 5) is 20.7. The number of likely N-dealkylation sites (tertiary alicyclic amines) is 1. The number of hydrogen-bond acceptors (Lipinski definition) is 6. The molecule has 2 aliphatic heterocycles. The molecule has 2 unspecified atom stereocenters. The Morgan fingerprint density at radius 1 is 1.19 bits per heavy atom. The van der Waals surface area contributed by atoms with Crippen molar-refractivity contribution in [3.63, 3.8) is 0 Å². The van der Waals surface area contributed by atoms with E-state index in [4.69, 9.17) is 4.98 Å². The summed E-state index contributed by atoms with van der Waals surface area (Å²) in [6.45, 7) is 7.00. The Labute approximate surface area is 157 Å². The Morgan fingerprint density at radius 2 is 2.00 bits per heavy atom. The van der Waals surface area contributed by atoms with Gasteiger partial charge in [0.05, 0.1) is 16.7 Å². The molecule has 4 rings (SSSR count). The zero-order valence-electron chi connectivity index (χ0n) is 15.7. The molecule has 0 saturated carbocycles. The number of rotatable bonds is 3. The highest BCUT2D eigenvalue weighted by atomic mass is 32.1. The molecule has 1 amide bonds. The lowest BCUT2D eigenvalue weighted by molar-refractivity contribution is 0.0931. The van der Waals surface area contributed by atoms with Crippen molar-refractivity contribution in [1.82, 2.24) is 30.0 Å². The van der Waals surface area contributed by atoms with Crippen molar-refractivity contribution in [3.8, 4) is 0 Å². The predicted molar refractivity (Wildman–Crippen MR) is 101 cm³/mol. The van der Waals surface area contributed by atoms with Gasteiger partial charge in [0.15, 0.2) is 5.82 Å². The Balaban J connectivity index is 1.51. The lowest BCUT2D eigenvalue weighted by Crippen LogP contribution is -2.33. The van der Waals surface area contributed by atoms with Crippen LogP contribution in [0.1, 0.15) is 69.7 Å². The molecule has 1 N–H and O–H groups in total. The van der Waals surface area contributed by atoms with E-state index in [-0.39, 0.29) is 11.9 Å². The van der Waals surface area contributed by atoms with Crippen molar-refractivity contribution >= 4 is 17.2 Å². The van der Waals surface area contributed by atoms with Gasteiger partial charge in [-0.15, -0.1) is 21.5 Å². The fourth-order valence-corrected chi connectivity index (χ4v) is 5.14. The third kappa shape index (κ3) is 3.27. The number of likely N-dealkylation sites (N-methyl/N-ethyl adjacent to an activating group) is 1. The minimum atomic E-state index is -0.0665. The van der Waals surface area contributed by atoms with Crippen LogP contribution < -0.4 is 5.32 Å². The summed E-state index contributed by atoms with van der Waals surface area (Å²) in [5, 5.41) is 12.7. The van der Waals surface area contributed by atoms with Crippen LogP contribution >= 0.6 is 11.3 Å². The number of nitrogens with one attached hydrogen (secondary N) is 1. The molecule has 26 heavy (non-hydrogen) atoms. The molecule has 0 bridgehead atoms. The number of carbonyl (C=O) groups excluding carboxylic acids is 1. The molecule has 140 valence electrons. The summed E-state index contributed by atoms with van der Waals surface area (Å²) in [6, 6.07) is -0.0665. The number of carbonyl (C=O) groups is 1. The van der Waals surface area contributed by atoms with Crippen LogP contribution in [0.4, 0.5) is 0 Å². The Hall–Kier alpha value is -1.80. The van der Waals surface area contributed by atoms with Crippen LogP contribution in [0.15, 0.2) is 0 Å². The fraction of sp³-hybridized carbons (Fsp3) is 0.667. The minimum Gasteiger partial charge on any atom is -0.341 e. The second-order valence-electron chi connectivity index (χ2n) is 7.49. The van der Waals surface area contributed by atoms with Crippen LogP contribution in [0, 0.1) is 13.8 Å². The molecule has 8 heteroatoms. The number of amides is 1. The number of aromatic nitrogens is 4. The molecule has 0 radical (unpaired) electrons. The topological polar surface area (TPSA) is 75.9 Å². The average molecular weight is 375 g/mol. The van der Waals surface area contributed by atoms with E-state index in [2.05, 4.69) is 32.0 Å². The van der Waals surface area contributed by atoms with Crippen molar-refractivity contribution < 1.29 is 4.79 Å². The number of thiazole rings is 1. The number of nitrogens with zero attached hydrogens (tertiary/aromatic N) is 5. The standard InChI is InChI=1S/C18H26N6OS/c1-11-15(26-18(19-11)13-6-4-8-23(3)10-13)17(25)20-14-7-5-9-24-12(2)21-22-16(14)24/h13-14H,4-10H2,1-3H3,(H,20,25). The normalized spacial score (nSPS) is 23.7. The van der Waals surface area contributed by atoms with E-state index in [0.29, 0.717) is 5.92 Å². The van der Waals surface area contributed by atoms with Crippen molar-refractivity contribution in [2.75, 3.05) is 20.1 Å². The number of hydrogen-bond donors (Lipinski definition) is 1. The quantitative estimate of drug-likeness (QED) is 0.893. The highest BCUT2D eigenvalue weighted by Gasteiger charge is 2.29. The summed E-state index contributed by atoms with van der Waals surface area (Å²) in [5.74, 6) is 2.20. The molecule has 0 spiro atoms. The van der Waals surface area contributed by atoms with Crippen LogP contribution in [-0.2, 0) is 6.54 Å². The Kier molecular flexibility index (Phi) is 4.79. The molecular weight excluding hydrogens is 348 g/mol.